The van der Waals surface area contributed by atoms with Crippen LogP contribution in [0.15, 0.2) is 40.9 Å². The lowest BCUT2D eigenvalue weighted by Gasteiger charge is -2.27. The van der Waals surface area contributed by atoms with Crippen LogP contribution in [0.3, 0.4) is 0 Å². The van der Waals surface area contributed by atoms with Crippen LogP contribution in [0, 0.1) is 0 Å². The van der Waals surface area contributed by atoms with Crippen molar-refractivity contribution >= 4 is 11.6 Å². The van der Waals surface area contributed by atoms with Crippen molar-refractivity contribution in [2.24, 2.45) is 0 Å². The normalized spacial score (nSPS) is 12.9. The van der Waals surface area contributed by atoms with Crippen molar-refractivity contribution in [3.8, 4) is 34.4 Å². The highest BCUT2D eigenvalue weighted by atomic mass is 16.5. The molecule has 0 saturated heterocycles. The SMILES string of the molecule is COc1cc(-c2noc(CN3C(=O)COc4ccccc43)n2)cc(OC)c1OC. The molecule has 4 rings (SSSR count). The van der Waals surface area contributed by atoms with E-state index in [9.17, 15) is 4.79 Å². The van der Waals surface area contributed by atoms with Gasteiger partial charge in [0.05, 0.1) is 27.0 Å². The van der Waals surface area contributed by atoms with E-state index in [0.717, 1.165) is 0 Å². The molecule has 1 aromatic heterocycles. The summed E-state index contributed by atoms with van der Waals surface area (Å²) in [4.78, 5) is 18.3. The molecule has 0 aliphatic carbocycles. The smallest absolute Gasteiger partial charge is 0.265 e. The number of ether oxygens (including phenoxy) is 4. The van der Waals surface area contributed by atoms with Crippen LogP contribution >= 0.6 is 0 Å². The van der Waals surface area contributed by atoms with E-state index < -0.39 is 0 Å². The molecule has 0 atom stereocenters. The molecular formula is C20H19N3O6. The number of hydrogen-bond donors (Lipinski definition) is 0. The molecule has 1 amide bonds. The monoisotopic (exact) mass is 397 g/mol. The first kappa shape index (κ1) is 18.6. The van der Waals surface area contributed by atoms with E-state index in [1.165, 1.54) is 21.3 Å². The second kappa shape index (κ2) is 7.70. The van der Waals surface area contributed by atoms with Crippen molar-refractivity contribution in [1.29, 1.82) is 0 Å². The van der Waals surface area contributed by atoms with Crippen LogP contribution in [0.2, 0.25) is 0 Å². The number of carbonyl (C=O) groups is 1. The Morgan fingerprint density at radius 2 is 1.79 bits per heavy atom. The Kier molecular flexibility index (Phi) is 4.94. The predicted molar refractivity (Wildman–Crippen MR) is 103 cm³/mol. The number of methoxy groups -OCH3 is 3. The maximum absolute atomic E-state index is 12.3. The standard InChI is InChI=1S/C20H19N3O6/c1-25-15-8-12(9-16(26-2)19(15)27-3)20-21-17(29-22-20)10-23-13-6-4-5-7-14(13)28-11-18(23)24/h4-9H,10-11H2,1-3H3. The predicted octanol–water partition coefficient (Wildman–Crippen LogP) is 2.69. The number of nitrogens with zero attached hydrogens (tertiary/aromatic N) is 3. The zero-order chi connectivity index (χ0) is 20.4. The van der Waals surface area contributed by atoms with Gasteiger partial charge in [-0.2, -0.15) is 4.98 Å². The van der Waals surface area contributed by atoms with Crippen molar-refractivity contribution in [3.63, 3.8) is 0 Å². The molecule has 0 bridgehead atoms. The molecule has 150 valence electrons. The van der Waals surface area contributed by atoms with Gasteiger partial charge >= 0.3 is 0 Å². The maximum atomic E-state index is 12.3. The molecule has 0 N–H and O–H groups in total. The van der Waals surface area contributed by atoms with Gasteiger partial charge in [0.15, 0.2) is 18.1 Å². The molecule has 2 aromatic carbocycles. The Labute approximate surface area is 166 Å². The Morgan fingerprint density at radius 3 is 2.48 bits per heavy atom. The molecule has 9 nitrogen and oxygen atoms in total. The summed E-state index contributed by atoms with van der Waals surface area (Å²) in [5.41, 5.74) is 1.29. The Bertz CT molecular complexity index is 1020. The van der Waals surface area contributed by atoms with Gasteiger partial charge in [-0.05, 0) is 24.3 Å². The van der Waals surface area contributed by atoms with Crippen molar-refractivity contribution in [2.75, 3.05) is 32.8 Å². The van der Waals surface area contributed by atoms with Gasteiger partial charge in [-0.3, -0.25) is 9.69 Å². The summed E-state index contributed by atoms with van der Waals surface area (Å²) in [6, 6.07) is 10.8. The van der Waals surface area contributed by atoms with E-state index >= 15 is 0 Å². The fourth-order valence-electron chi connectivity index (χ4n) is 3.11. The largest absolute Gasteiger partial charge is 0.493 e. The van der Waals surface area contributed by atoms with Crippen LogP contribution in [-0.4, -0.2) is 44.0 Å². The average Bonchev–Trinajstić information content (AvgIpc) is 3.23. The minimum Gasteiger partial charge on any atom is -0.493 e. The third-order valence-corrected chi connectivity index (χ3v) is 4.49. The van der Waals surface area contributed by atoms with Crippen LogP contribution in [0.1, 0.15) is 5.89 Å². The summed E-state index contributed by atoms with van der Waals surface area (Å²) in [7, 11) is 4.60. The molecular weight excluding hydrogens is 378 g/mol. The molecule has 3 aromatic rings. The summed E-state index contributed by atoms with van der Waals surface area (Å²) < 4.78 is 26.9. The molecule has 0 spiro atoms. The van der Waals surface area contributed by atoms with Gasteiger partial charge in [0, 0.05) is 5.56 Å². The molecule has 9 heteroatoms. The summed E-state index contributed by atoms with van der Waals surface area (Å²) in [5, 5.41) is 4.03. The lowest BCUT2D eigenvalue weighted by molar-refractivity contribution is -0.121. The second-order valence-corrected chi connectivity index (χ2v) is 6.16. The van der Waals surface area contributed by atoms with Gasteiger partial charge in [0.2, 0.25) is 17.5 Å². The highest BCUT2D eigenvalue weighted by Crippen LogP contribution is 2.40. The fraction of sp³-hybridized carbons (Fsp3) is 0.250. The maximum Gasteiger partial charge on any atom is 0.265 e. The number of rotatable bonds is 6. The van der Waals surface area contributed by atoms with Crippen LogP contribution in [0.25, 0.3) is 11.4 Å². The van der Waals surface area contributed by atoms with E-state index in [0.29, 0.717) is 46.0 Å². The average molecular weight is 397 g/mol. The third kappa shape index (κ3) is 3.42. The van der Waals surface area contributed by atoms with Gasteiger partial charge in [0.25, 0.3) is 5.91 Å². The zero-order valence-electron chi connectivity index (χ0n) is 16.2. The number of aromatic nitrogens is 2. The number of anilines is 1. The summed E-state index contributed by atoms with van der Waals surface area (Å²) in [5.74, 6) is 2.51. The van der Waals surface area contributed by atoms with Crippen LogP contribution < -0.4 is 23.8 Å². The van der Waals surface area contributed by atoms with Crippen molar-refractivity contribution in [2.45, 2.75) is 6.54 Å². The Morgan fingerprint density at radius 1 is 1.07 bits per heavy atom. The third-order valence-electron chi connectivity index (χ3n) is 4.49. The van der Waals surface area contributed by atoms with Gasteiger partial charge in [0.1, 0.15) is 12.3 Å². The number of carbonyl (C=O) groups excluding carboxylic acids is 1. The number of para-hydroxylation sites is 2. The van der Waals surface area contributed by atoms with Gasteiger partial charge in [-0.15, -0.1) is 0 Å². The van der Waals surface area contributed by atoms with Gasteiger partial charge in [-0.25, -0.2) is 0 Å². The molecule has 0 unspecified atom stereocenters. The minimum absolute atomic E-state index is 0.0368. The molecule has 0 fully saturated rings. The van der Waals surface area contributed by atoms with Crippen molar-refractivity contribution < 1.29 is 28.3 Å². The van der Waals surface area contributed by atoms with Crippen molar-refractivity contribution in [3.05, 3.63) is 42.3 Å². The summed E-state index contributed by atoms with van der Waals surface area (Å²) in [6.45, 7) is 0.0987. The molecule has 0 saturated carbocycles. The molecule has 1 aliphatic rings. The molecule has 0 radical (unpaired) electrons. The lowest BCUT2D eigenvalue weighted by atomic mass is 10.1. The highest BCUT2D eigenvalue weighted by Gasteiger charge is 2.27. The van der Waals surface area contributed by atoms with E-state index in [1.54, 1.807) is 17.0 Å². The molecule has 29 heavy (non-hydrogen) atoms. The number of amides is 1. The van der Waals surface area contributed by atoms with E-state index in [2.05, 4.69) is 10.1 Å². The Hall–Kier alpha value is -3.75. The van der Waals surface area contributed by atoms with Gasteiger partial charge in [-0.1, -0.05) is 17.3 Å². The van der Waals surface area contributed by atoms with Crippen molar-refractivity contribution in [1.82, 2.24) is 10.1 Å². The highest BCUT2D eigenvalue weighted by molar-refractivity contribution is 5.97. The first-order chi connectivity index (χ1) is 14.1. The topological polar surface area (TPSA) is 96.2 Å². The zero-order valence-corrected chi connectivity index (χ0v) is 16.2. The van der Waals surface area contributed by atoms with Gasteiger partial charge < -0.3 is 23.5 Å². The van der Waals surface area contributed by atoms with Crippen LogP contribution in [-0.2, 0) is 11.3 Å². The van der Waals surface area contributed by atoms with E-state index in [-0.39, 0.29) is 19.1 Å². The van der Waals surface area contributed by atoms with E-state index in [1.807, 2.05) is 24.3 Å². The first-order valence-electron chi connectivity index (χ1n) is 8.79. The lowest BCUT2D eigenvalue weighted by Crippen LogP contribution is -2.38. The number of benzene rings is 2. The quantitative estimate of drug-likeness (QED) is 0.626. The fourth-order valence-corrected chi connectivity index (χ4v) is 3.11. The second-order valence-electron chi connectivity index (χ2n) is 6.16. The summed E-state index contributed by atoms with van der Waals surface area (Å²) in [6.07, 6.45) is 0. The Balaban J connectivity index is 1.64. The van der Waals surface area contributed by atoms with Crippen LogP contribution in [0.5, 0.6) is 23.0 Å². The molecule has 1 aliphatic heterocycles. The first-order valence-corrected chi connectivity index (χ1v) is 8.79. The number of fused-ring (bicyclic) bond motifs is 1. The minimum atomic E-state index is -0.184. The van der Waals surface area contributed by atoms with E-state index in [4.69, 9.17) is 23.5 Å². The molecule has 2 heterocycles. The number of hydrogen-bond acceptors (Lipinski definition) is 8. The van der Waals surface area contributed by atoms with Crippen LogP contribution in [0.4, 0.5) is 5.69 Å². The summed E-state index contributed by atoms with van der Waals surface area (Å²) >= 11 is 0.